The summed E-state index contributed by atoms with van der Waals surface area (Å²) in [5, 5.41) is 0. The molecular formula is C20H23Cl2O2SiZr. The fourth-order valence-electron chi connectivity index (χ4n) is 3.02. The van der Waals surface area contributed by atoms with E-state index in [9.17, 15) is 0 Å². The second-order valence-corrected chi connectivity index (χ2v) is 12.7. The van der Waals surface area contributed by atoms with E-state index in [-0.39, 0.29) is 24.8 Å². The number of hydrogen-bond donors (Lipinski definition) is 0. The Morgan fingerprint density at radius 3 is 2.38 bits per heavy atom. The van der Waals surface area contributed by atoms with E-state index < -0.39 is 8.32 Å². The molecule has 0 saturated carbocycles. The topological polar surface area (TPSA) is 18.5 Å². The summed E-state index contributed by atoms with van der Waals surface area (Å²) < 4.78 is 13.1. The Kier molecular flexibility index (Phi) is 8.83. The van der Waals surface area contributed by atoms with E-state index >= 15 is 0 Å². The largest absolute Gasteiger partial charge is 1.00 e. The van der Waals surface area contributed by atoms with E-state index in [0.29, 0.717) is 6.79 Å². The minimum atomic E-state index is -1.53. The van der Waals surface area contributed by atoms with Gasteiger partial charge in [-0.1, -0.05) is 0 Å². The fraction of sp³-hybridized carbons (Fsp3) is 0.300. The van der Waals surface area contributed by atoms with Crippen LogP contribution < -0.4 is 24.8 Å². The Bertz CT molecular complexity index is 789. The number of allylic oxidation sites excluding steroid dienone is 6. The van der Waals surface area contributed by atoms with Crippen LogP contribution in [-0.2, 0) is 33.9 Å². The molecule has 3 rings (SSSR count). The molecule has 0 heterocycles. The smallest absolute Gasteiger partial charge is 1.00 e. The third-order valence-corrected chi connectivity index (χ3v) is 6.43. The minimum absolute atomic E-state index is 0. The van der Waals surface area contributed by atoms with E-state index in [4.69, 9.17) is 9.16 Å². The Hall–Kier alpha value is -0.380. The van der Waals surface area contributed by atoms with E-state index in [0.717, 1.165) is 12.2 Å². The average Bonchev–Trinajstić information content (AvgIpc) is 3.09. The van der Waals surface area contributed by atoms with Crippen LogP contribution in [-0.4, -0.2) is 15.1 Å². The molecule has 137 valence electrons. The molecule has 0 aromatic heterocycles. The van der Waals surface area contributed by atoms with Crippen LogP contribution in [0.15, 0.2) is 59.4 Å². The SMILES string of the molecule is CC=C1C(C2=CC(OCO[Si](C)(C)C)=CC2)=[C]([Zr+2])c2ccccc21.[Cl-].[Cl-]. The molecule has 0 aliphatic heterocycles. The van der Waals surface area contributed by atoms with Gasteiger partial charge in [0.1, 0.15) is 0 Å². The number of ether oxygens (including phenoxy) is 1. The summed E-state index contributed by atoms with van der Waals surface area (Å²) >= 11 is 1.46. The second-order valence-electron chi connectivity index (χ2n) is 7.00. The summed E-state index contributed by atoms with van der Waals surface area (Å²) in [6, 6.07) is 8.71. The molecule has 2 aliphatic rings. The van der Waals surface area contributed by atoms with Crippen molar-refractivity contribution in [2.45, 2.75) is 33.0 Å². The van der Waals surface area contributed by atoms with Crippen LogP contribution in [0, 0.1) is 0 Å². The molecule has 2 aliphatic carbocycles. The van der Waals surface area contributed by atoms with Crippen LogP contribution in [0.3, 0.4) is 0 Å². The van der Waals surface area contributed by atoms with Crippen LogP contribution in [0.2, 0.25) is 19.6 Å². The molecule has 26 heavy (non-hydrogen) atoms. The van der Waals surface area contributed by atoms with Gasteiger partial charge in [0.2, 0.25) is 0 Å². The molecule has 0 bridgehead atoms. The number of halogens is 2. The second kappa shape index (κ2) is 9.71. The van der Waals surface area contributed by atoms with Crippen molar-refractivity contribution in [1.29, 1.82) is 0 Å². The van der Waals surface area contributed by atoms with Gasteiger partial charge in [-0.2, -0.15) is 0 Å². The van der Waals surface area contributed by atoms with Gasteiger partial charge in [-0.15, -0.1) is 0 Å². The van der Waals surface area contributed by atoms with Crippen LogP contribution in [0.4, 0.5) is 0 Å². The van der Waals surface area contributed by atoms with Gasteiger partial charge in [-0.3, -0.25) is 0 Å². The Morgan fingerprint density at radius 1 is 1.12 bits per heavy atom. The summed E-state index contributed by atoms with van der Waals surface area (Å²) in [4.78, 5) is 0. The van der Waals surface area contributed by atoms with Crippen LogP contribution in [0.25, 0.3) is 8.85 Å². The molecule has 0 spiro atoms. The molecule has 0 fully saturated rings. The van der Waals surface area contributed by atoms with Gasteiger partial charge in [0.25, 0.3) is 0 Å². The Balaban J connectivity index is 0.00000169. The zero-order valence-electron chi connectivity index (χ0n) is 15.5. The molecular weight excluding hydrogens is 462 g/mol. The van der Waals surface area contributed by atoms with E-state index in [2.05, 4.69) is 69.1 Å². The molecule has 0 saturated heterocycles. The quantitative estimate of drug-likeness (QED) is 0.410. The zero-order chi connectivity index (χ0) is 17.3. The Morgan fingerprint density at radius 2 is 1.77 bits per heavy atom. The molecule has 0 amide bonds. The first-order valence-corrected chi connectivity index (χ1v) is 12.9. The first kappa shape index (κ1) is 23.7. The molecule has 0 unspecified atom stereocenters. The Labute approximate surface area is 185 Å². The van der Waals surface area contributed by atoms with Crippen molar-refractivity contribution in [3.8, 4) is 0 Å². The number of rotatable bonds is 5. The van der Waals surface area contributed by atoms with E-state index in [1.54, 1.807) is 0 Å². The summed E-state index contributed by atoms with van der Waals surface area (Å²) in [7, 11) is -1.53. The summed E-state index contributed by atoms with van der Waals surface area (Å²) in [5.41, 5.74) is 6.86. The maximum atomic E-state index is 5.81. The zero-order valence-corrected chi connectivity index (χ0v) is 20.5. The molecule has 6 heteroatoms. The van der Waals surface area contributed by atoms with Crippen molar-refractivity contribution in [1.82, 2.24) is 0 Å². The molecule has 1 aromatic carbocycles. The van der Waals surface area contributed by atoms with Gasteiger partial charge in [-0.25, -0.2) is 0 Å². The van der Waals surface area contributed by atoms with Crippen molar-refractivity contribution in [2.75, 3.05) is 6.79 Å². The summed E-state index contributed by atoms with van der Waals surface area (Å²) in [6.07, 6.45) is 7.51. The van der Waals surface area contributed by atoms with Crippen molar-refractivity contribution in [2.24, 2.45) is 0 Å². The van der Waals surface area contributed by atoms with Gasteiger partial charge < -0.3 is 24.8 Å². The predicted octanol–water partition coefficient (Wildman–Crippen LogP) is -0.591. The summed E-state index contributed by atoms with van der Waals surface area (Å²) in [6.45, 7) is 9.00. The van der Waals surface area contributed by atoms with Gasteiger partial charge in [-0.05, 0) is 0 Å². The normalized spacial score (nSPS) is 17.4. The van der Waals surface area contributed by atoms with Crippen LogP contribution >= 0.6 is 0 Å². The van der Waals surface area contributed by atoms with E-state index in [1.165, 1.54) is 55.8 Å². The third kappa shape index (κ3) is 5.11. The molecule has 0 atom stereocenters. The van der Waals surface area contributed by atoms with E-state index in [1.807, 2.05) is 0 Å². The van der Waals surface area contributed by atoms with Crippen LogP contribution in [0.5, 0.6) is 0 Å². The maximum Gasteiger partial charge on any atom is -1.00 e. The number of hydrogen-bond acceptors (Lipinski definition) is 2. The predicted molar refractivity (Wildman–Crippen MR) is 98.2 cm³/mol. The minimum Gasteiger partial charge on any atom is -1.00 e. The molecule has 0 N–H and O–H groups in total. The number of fused-ring (bicyclic) bond motifs is 1. The number of benzene rings is 1. The van der Waals surface area contributed by atoms with Crippen molar-refractivity contribution in [3.05, 3.63) is 70.5 Å². The standard InChI is InChI=1S/C20H23O2Si.2ClH.Zr/c1-5-18-19-9-7-6-8-15(19)13-20(18)16-10-11-17(12-16)21-14-22-23(2,3)4;;;/h5-9,11-12H,10,14H2,1-4H3;2*1H;/q;;;+2/p-2. The molecule has 1 aromatic rings. The van der Waals surface area contributed by atoms with Crippen molar-refractivity contribution in [3.63, 3.8) is 0 Å². The first-order valence-electron chi connectivity index (χ1n) is 8.31. The van der Waals surface area contributed by atoms with Gasteiger partial charge in [0, 0.05) is 0 Å². The van der Waals surface area contributed by atoms with Crippen molar-refractivity contribution < 1.29 is 58.7 Å². The van der Waals surface area contributed by atoms with Crippen LogP contribution in [0.1, 0.15) is 24.5 Å². The monoisotopic (exact) mass is 483 g/mol. The fourth-order valence-corrected chi connectivity index (χ4v) is 4.70. The molecule has 0 radical (unpaired) electrons. The first-order chi connectivity index (χ1) is 11.4. The van der Waals surface area contributed by atoms with Gasteiger partial charge in [0.15, 0.2) is 0 Å². The maximum absolute atomic E-state index is 5.81. The average molecular weight is 486 g/mol. The third-order valence-electron chi connectivity index (χ3n) is 4.17. The van der Waals surface area contributed by atoms with Gasteiger partial charge >= 0.3 is 161 Å². The van der Waals surface area contributed by atoms with Gasteiger partial charge in [0.05, 0.1) is 0 Å². The molecule has 2 nitrogen and oxygen atoms in total. The summed E-state index contributed by atoms with van der Waals surface area (Å²) in [5.74, 6) is 0.936. The van der Waals surface area contributed by atoms with Crippen molar-refractivity contribution >= 4 is 17.2 Å².